The highest BCUT2D eigenvalue weighted by atomic mass is 19.4. The van der Waals surface area contributed by atoms with Crippen molar-refractivity contribution in [2.45, 2.75) is 25.8 Å². The maximum Gasteiger partial charge on any atom is 0.573 e. The second-order valence-electron chi connectivity index (χ2n) is 8.50. The summed E-state index contributed by atoms with van der Waals surface area (Å²) in [6.45, 7) is 2.36. The molecule has 0 spiro atoms. The van der Waals surface area contributed by atoms with Crippen LogP contribution in [-0.2, 0) is 16.0 Å². The van der Waals surface area contributed by atoms with Crippen LogP contribution in [0.2, 0.25) is 0 Å². The number of alkyl halides is 3. The Morgan fingerprint density at radius 2 is 1.69 bits per heavy atom. The van der Waals surface area contributed by atoms with Crippen LogP contribution in [-0.4, -0.2) is 36.0 Å². The number of amides is 2. The van der Waals surface area contributed by atoms with Gasteiger partial charge in [-0.05, 0) is 60.0 Å². The van der Waals surface area contributed by atoms with Crippen LogP contribution in [0.5, 0.6) is 11.5 Å². The first kappa shape index (κ1) is 27.5. The molecule has 0 saturated carbocycles. The second-order valence-corrected chi connectivity index (χ2v) is 8.50. The Labute approximate surface area is 222 Å². The van der Waals surface area contributed by atoms with Crippen LogP contribution in [0.1, 0.15) is 23.6 Å². The second kappa shape index (κ2) is 11.9. The molecule has 7 nitrogen and oxygen atoms in total. The third-order valence-electron chi connectivity index (χ3n) is 5.78. The zero-order valence-corrected chi connectivity index (χ0v) is 20.8. The molecule has 4 rings (SSSR count). The van der Waals surface area contributed by atoms with Crippen LogP contribution in [0.25, 0.3) is 5.57 Å². The maximum absolute atomic E-state index is 12.7. The van der Waals surface area contributed by atoms with E-state index in [0.29, 0.717) is 40.4 Å². The fourth-order valence-electron chi connectivity index (χ4n) is 4.04. The minimum Gasteiger partial charge on any atom is -0.494 e. The molecular formula is C29H25F3N2O5. The van der Waals surface area contributed by atoms with Crippen molar-refractivity contribution in [3.63, 3.8) is 0 Å². The lowest BCUT2D eigenvalue weighted by molar-refractivity contribution is -0.274. The summed E-state index contributed by atoms with van der Waals surface area (Å²) in [5.41, 5.74) is 3.57. The normalized spacial score (nSPS) is 15.5. The third kappa shape index (κ3) is 7.26. The van der Waals surface area contributed by atoms with Gasteiger partial charge in [-0.25, -0.2) is 0 Å². The number of ether oxygens (including phenoxy) is 2. The maximum atomic E-state index is 12.7. The summed E-state index contributed by atoms with van der Waals surface area (Å²) < 4.78 is 47.2. The number of aliphatic hydroxyl groups excluding tert-OH is 1. The summed E-state index contributed by atoms with van der Waals surface area (Å²) in [6.07, 6.45) is -1.46. The molecule has 3 aromatic rings. The molecule has 0 bridgehead atoms. The van der Waals surface area contributed by atoms with Gasteiger partial charge in [-0.3, -0.25) is 9.59 Å². The summed E-state index contributed by atoms with van der Waals surface area (Å²) >= 11 is 0. The lowest BCUT2D eigenvalue weighted by Gasteiger charge is -2.23. The van der Waals surface area contributed by atoms with Crippen LogP contribution in [0.4, 0.5) is 24.5 Å². The van der Waals surface area contributed by atoms with Gasteiger partial charge in [0, 0.05) is 29.4 Å². The first-order chi connectivity index (χ1) is 18.6. The summed E-state index contributed by atoms with van der Waals surface area (Å²) in [5.74, 6) is -0.640. The number of aliphatic hydroxyl groups is 1. The van der Waals surface area contributed by atoms with E-state index in [9.17, 15) is 27.9 Å². The largest absolute Gasteiger partial charge is 0.573 e. The topological polar surface area (TPSA) is 96.9 Å². The van der Waals surface area contributed by atoms with Gasteiger partial charge in [0.15, 0.2) is 0 Å². The zero-order valence-electron chi connectivity index (χ0n) is 20.8. The fourth-order valence-corrected chi connectivity index (χ4v) is 4.04. The minimum atomic E-state index is -4.80. The van der Waals surface area contributed by atoms with Crippen molar-refractivity contribution in [3.8, 4) is 11.5 Å². The molecule has 10 heteroatoms. The molecule has 1 unspecified atom stereocenters. The van der Waals surface area contributed by atoms with E-state index in [1.807, 2.05) is 6.92 Å². The van der Waals surface area contributed by atoms with Crippen LogP contribution >= 0.6 is 0 Å². The number of carbonyl (C=O) groups excluding carboxylic acids is 2. The van der Waals surface area contributed by atoms with E-state index in [-0.39, 0.29) is 12.2 Å². The van der Waals surface area contributed by atoms with Crippen molar-refractivity contribution in [1.82, 2.24) is 0 Å². The Hall–Kier alpha value is -4.57. The SMILES string of the molecule is CCOc1ccc(C(=CC=CC(=O)Nc2cccc3c2CC(O)C(=O)N3)c2ccc(OC(F)(F)F)cc2)cc1. The lowest BCUT2D eigenvalue weighted by atomic mass is 9.97. The molecule has 202 valence electrons. The van der Waals surface area contributed by atoms with E-state index >= 15 is 0 Å². The number of benzene rings is 3. The van der Waals surface area contributed by atoms with Crippen molar-refractivity contribution in [2.24, 2.45) is 0 Å². The van der Waals surface area contributed by atoms with E-state index in [2.05, 4.69) is 15.4 Å². The standard InChI is InChI=1S/C29H25F3N2O5/c1-2-38-20-13-9-18(10-14-20)22(19-11-15-21(16-12-19)39-29(30,31)32)5-3-8-27(36)33-24-6-4-7-25-23(24)17-26(35)28(37)34-25/h3-16,26,35H,2,17H2,1H3,(H,33,36)(H,34,37). The van der Waals surface area contributed by atoms with Gasteiger partial charge in [0.25, 0.3) is 5.91 Å². The number of hydrogen-bond donors (Lipinski definition) is 3. The number of fused-ring (bicyclic) bond motifs is 1. The molecule has 1 heterocycles. The van der Waals surface area contributed by atoms with Crippen molar-refractivity contribution in [2.75, 3.05) is 17.2 Å². The van der Waals surface area contributed by atoms with Crippen molar-refractivity contribution in [1.29, 1.82) is 0 Å². The quantitative estimate of drug-likeness (QED) is 0.261. The van der Waals surface area contributed by atoms with Crippen LogP contribution in [0.15, 0.2) is 85.0 Å². The molecule has 0 saturated heterocycles. The van der Waals surface area contributed by atoms with Gasteiger partial charge in [0.2, 0.25) is 5.91 Å². The minimum absolute atomic E-state index is 0.0666. The molecule has 1 aliphatic heterocycles. The lowest BCUT2D eigenvalue weighted by Crippen LogP contribution is -2.34. The third-order valence-corrected chi connectivity index (χ3v) is 5.78. The van der Waals surface area contributed by atoms with Gasteiger partial charge in [0.05, 0.1) is 6.61 Å². The smallest absolute Gasteiger partial charge is 0.494 e. The van der Waals surface area contributed by atoms with Crippen LogP contribution < -0.4 is 20.1 Å². The average Bonchev–Trinajstić information content (AvgIpc) is 2.88. The van der Waals surface area contributed by atoms with Gasteiger partial charge in [-0.1, -0.05) is 42.5 Å². The van der Waals surface area contributed by atoms with Crippen molar-refractivity contribution < 1.29 is 37.3 Å². The summed E-state index contributed by atoms with van der Waals surface area (Å²) in [5, 5.41) is 15.3. The number of nitrogens with one attached hydrogen (secondary N) is 2. The Morgan fingerprint density at radius 3 is 2.31 bits per heavy atom. The van der Waals surface area contributed by atoms with E-state index in [0.717, 1.165) is 5.56 Å². The predicted molar refractivity (Wildman–Crippen MR) is 140 cm³/mol. The van der Waals surface area contributed by atoms with Gasteiger partial charge in [-0.2, -0.15) is 0 Å². The molecule has 3 N–H and O–H groups in total. The number of rotatable bonds is 8. The molecular weight excluding hydrogens is 513 g/mol. The Bertz CT molecular complexity index is 1400. The van der Waals surface area contributed by atoms with Gasteiger partial charge < -0.3 is 25.2 Å². The highest BCUT2D eigenvalue weighted by Crippen LogP contribution is 2.31. The van der Waals surface area contributed by atoms with Gasteiger partial charge >= 0.3 is 6.36 Å². The molecule has 0 aliphatic carbocycles. The van der Waals surface area contributed by atoms with Crippen molar-refractivity contribution >= 4 is 28.8 Å². The van der Waals surface area contributed by atoms with E-state index in [1.54, 1.807) is 48.5 Å². The fraction of sp³-hybridized carbons (Fsp3) is 0.172. The zero-order chi connectivity index (χ0) is 28.0. The summed E-state index contributed by atoms with van der Waals surface area (Å²) in [4.78, 5) is 24.4. The Balaban J connectivity index is 1.57. The van der Waals surface area contributed by atoms with Crippen LogP contribution in [0, 0.1) is 0 Å². The van der Waals surface area contributed by atoms with Crippen molar-refractivity contribution in [3.05, 3.63) is 102 Å². The summed E-state index contributed by atoms with van der Waals surface area (Å²) in [7, 11) is 0. The highest BCUT2D eigenvalue weighted by Gasteiger charge is 2.31. The first-order valence-corrected chi connectivity index (χ1v) is 12.0. The van der Waals surface area contributed by atoms with Gasteiger partial charge in [-0.15, -0.1) is 13.2 Å². The molecule has 39 heavy (non-hydrogen) atoms. The first-order valence-electron chi connectivity index (χ1n) is 12.0. The summed E-state index contributed by atoms with van der Waals surface area (Å²) in [6, 6.07) is 17.6. The molecule has 0 aromatic heterocycles. The number of carbonyl (C=O) groups is 2. The molecule has 0 fully saturated rings. The molecule has 2 amide bonds. The number of allylic oxidation sites excluding steroid dienone is 2. The Kier molecular flexibility index (Phi) is 8.36. The van der Waals surface area contributed by atoms with Gasteiger partial charge in [0.1, 0.15) is 17.6 Å². The molecule has 3 aromatic carbocycles. The van der Waals surface area contributed by atoms with E-state index in [4.69, 9.17) is 4.74 Å². The number of hydrogen-bond acceptors (Lipinski definition) is 5. The monoisotopic (exact) mass is 538 g/mol. The predicted octanol–water partition coefficient (Wildman–Crippen LogP) is 5.47. The van der Waals surface area contributed by atoms with E-state index < -0.39 is 24.3 Å². The highest BCUT2D eigenvalue weighted by molar-refractivity contribution is 6.03. The van der Waals surface area contributed by atoms with Crippen LogP contribution in [0.3, 0.4) is 0 Å². The number of halogens is 3. The molecule has 1 atom stereocenters. The number of anilines is 2. The van der Waals surface area contributed by atoms with E-state index in [1.165, 1.54) is 36.4 Å². The average molecular weight is 539 g/mol. The Morgan fingerprint density at radius 1 is 1.05 bits per heavy atom. The molecule has 1 aliphatic rings. The molecule has 0 radical (unpaired) electrons.